The third-order valence-corrected chi connectivity index (χ3v) is 7.03. The number of rotatable bonds is 7. The number of pyridine rings is 1. The molecule has 12 heteroatoms. The van der Waals surface area contributed by atoms with E-state index in [1.54, 1.807) is 36.4 Å². The van der Waals surface area contributed by atoms with Gasteiger partial charge in [0.25, 0.3) is 11.8 Å². The summed E-state index contributed by atoms with van der Waals surface area (Å²) in [6.45, 7) is 0.688. The summed E-state index contributed by atoms with van der Waals surface area (Å²) in [5.41, 5.74) is 1.01. The molecule has 1 saturated carbocycles. The highest BCUT2D eigenvalue weighted by molar-refractivity contribution is 6.03. The van der Waals surface area contributed by atoms with Crippen LogP contribution in [0.4, 0.5) is 15.9 Å². The molecule has 0 atom stereocenters. The van der Waals surface area contributed by atoms with Gasteiger partial charge in [0, 0.05) is 24.7 Å². The molecular weight excluding hydrogens is 503 g/mol. The minimum atomic E-state index is -0.931. The second-order valence-electron chi connectivity index (χ2n) is 9.62. The van der Waals surface area contributed by atoms with Crippen molar-refractivity contribution in [2.45, 2.75) is 51.5 Å². The van der Waals surface area contributed by atoms with E-state index >= 15 is 0 Å². The van der Waals surface area contributed by atoms with E-state index in [4.69, 9.17) is 4.42 Å². The summed E-state index contributed by atoms with van der Waals surface area (Å²) in [7, 11) is 0. The van der Waals surface area contributed by atoms with Gasteiger partial charge in [0.15, 0.2) is 5.82 Å². The maximum absolute atomic E-state index is 13.6. The van der Waals surface area contributed by atoms with Crippen molar-refractivity contribution in [2.24, 2.45) is 0 Å². The van der Waals surface area contributed by atoms with Crippen molar-refractivity contribution in [3.63, 3.8) is 0 Å². The molecule has 1 aromatic carbocycles. The molecule has 2 N–H and O–H groups in total. The number of aromatic nitrogens is 5. The fraction of sp³-hybridized carbons (Fsp3) is 0.333. The fourth-order valence-electron chi connectivity index (χ4n) is 5.00. The minimum absolute atomic E-state index is 0.0651. The van der Waals surface area contributed by atoms with Crippen LogP contribution in [0.1, 0.15) is 58.4 Å². The molecule has 0 spiro atoms. The Morgan fingerprint density at radius 2 is 1.85 bits per heavy atom. The van der Waals surface area contributed by atoms with Gasteiger partial charge in [-0.15, -0.1) is 10.2 Å². The van der Waals surface area contributed by atoms with Gasteiger partial charge in [-0.1, -0.05) is 31.0 Å². The first kappa shape index (κ1) is 24.7. The lowest BCUT2D eigenvalue weighted by molar-refractivity contribution is 0.0921. The number of fused-ring (bicyclic) bond motifs is 1. The van der Waals surface area contributed by atoms with Crippen LogP contribution in [0.2, 0.25) is 0 Å². The predicted molar refractivity (Wildman–Crippen MR) is 140 cm³/mol. The Kier molecular flexibility index (Phi) is 6.74. The number of hydrogen-bond donors (Lipinski definition) is 2. The Morgan fingerprint density at radius 3 is 2.59 bits per heavy atom. The van der Waals surface area contributed by atoms with Gasteiger partial charge in [0.1, 0.15) is 18.2 Å². The minimum Gasteiger partial charge on any atom is -0.431 e. The second-order valence-corrected chi connectivity index (χ2v) is 9.62. The summed E-state index contributed by atoms with van der Waals surface area (Å²) in [4.78, 5) is 36.2. The zero-order valence-corrected chi connectivity index (χ0v) is 21.1. The largest absolute Gasteiger partial charge is 0.431 e. The van der Waals surface area contributed by atoms with Gasteiger partial charge in [0.2, 0.25) is 17.5 Å². The lowest BCUT2D eigenvalue weighted by atomic mass is 10.2. The highest BCUT2D eigenvalue weighted by Gasteiger charge is 2.27. The van der Waals surface area contributed by atoms with E-state index in [9.17, 15) is 14.0 Å². The average molecular weight is 531 g/mol. The molecule has 1 fully saturated rings. The number of amides is 2. The van der Waals surface area contributed by atoms with Crippen molar-refractivity contribution in [3.8, 4) is 11.5 Å². The van der Waals surface area contributed by atoms with Crippen molar-refractivity contribution in [1.29, 1.82) is 0 Å². The molecule has 3 aromatic heterocycles. The van der Waals surface area contributed by atoms with Gasteiger partial charge in [-0.2, -0.15) is 0 Å². The van der Waals surface area contributed by atoms with Crippen LogP contribution in [0.3, 0.4) is 0 Å². The normalized spacial score (nSPS) is 15.3. The summed E-state index contributed by atoms with van der Waals surface area (Å²) in [6.07, 6.45) is 5.82. The van der Waals surface area contributed by atoms with E-state index < -0.39 is 12.6 Å². The van der Waals surface area contributed by atoms with Crippen LogP contribution in [0, 0.1) is 0 Å². The van der Waals surface area contributed by atoms with E-state index in [2.05, 4.69) is 30.8 Å². The molecule has 0 saturated heterocycles. The molecule has 39 heavy (non-hydrogen) atoms. The smallest absolute Gasteiger partial charge is 0.293 e. The first-order chi connectivity index (χ1) is 19.1. The highest BCUT2D eigenvalue weighted by atomic mass is 19.1. The number of halogens is 1. The summed E-state index contributed by atoms with van der Waals surface area (Å²) >= 11 is 0. The molecule has 2 amide bonds. The summed E-state index contributed by atoms with van der Waals surface area (Å²) in [5.74, 6) is 0.942. The van der Waals surface area contributed by atoms with Crippen LogP contribution in [0.15, 0.2) is 53.1 Å². The monoisotopic (exact) mass is 530 g/mol. The molecular formula is C27H27FN8O3. The summed E-state index contributed by atoms with van der Waals surface area (Å²) in [6, 6.07) is 12.7. The van der Waals surface area contributed by atoms with Crippen LogP contribution in [0.5, 0.6) is 0 Å². The first-order valence-electron chi connectivity index (χ1n) is 13.0. The molecule has 200 valence electrons. The zero-order chi connectivity index (χ0) is 26.8. The van der Waals surface area contributed by atoms with E-state index in [1.165, 1.54) is 6.20 Å². The van der Waals surface area contributed by atoms with Crippen LogP contribution < -0.4 is 15.5 Å². The number of nitrogens with zero attached hydrogens (tertiary/aromatic N) is 6. The van der Waals surface area contributed by atoms with Gasteiger partial charge < -0.3 is 24.5 Å². The molecule has 4 heterocycles. The van der Waals surface area contributed by atoms with Crippen molar-refractivity contribution >= 4 is 23.3 Å². The Morgan fingerprint density at radius 1 is 1.03 bits per heavy atom. The molecule has 4 aromatic rings. The number of carbonyl (C=O) groups is 2. The third kappa shape index (κ3) is 5.09. The number of benzene rings is 1. The van der Waals surface area contributed by atoms with E-state index in [0.29, 0.717) is 48.4 Å². The van der Waals surface area contributed by atoms with Crippen LogP contribution in [0.25, 0.3) is 11.5 Å². The first-order valence-corrected chi connectivity index (χ1v) is 13.0. The number of nitrogens with one attached hydrogen (secondary N) is 2. The van der Waals surface area contributed by atoms with Crippen molar-refractivity contribution in [1.82, 2.24) is 30.0 Å². The quantitative estimate of drug-likeness (QED) is 0.370. The Balaban J connectivity index is 1.10. The lowest BCUT2D eigenvalue weighted by Crippen LogP contribution is -2.38. The molecule has 0 bridgehead atoms. The summed E-state index contributed by atoms with van der Waals surface area (Å²) in [5, 5.41) is 14.1. The molecule has 0 radical (unpaired) electrons. The Labute approximate surface area is 223 Å². The van der Waals surface area contributed by atoms with E-state index in [1.807, 2.05) is 15.5 Å². The average Bonchev–Trinajstić information content (AvgIpc) is 3.73. The third-order valence-electron chi connectivity index (χ3n) is 7.03. The van der Waals surface area contributed by atoms with Gasteiger partial charge in [-0.3, -0.25) is 9.59 Å². The molecule has 0 unspecified atom stereocenters. The number of anilines is 2. The van der Waals surface area contributed by atoms with Gasteiger partial charge in [0.05, 0.1) is 18.4 Å². The number of oxazole rings is 1. The zero-order valence-electron chi connectivity index (χ0n) is 21.1. The molecule has 6 rings (SSSR count). The highest BCUT2D eigenvalue weighted by Crippen LogP contribution is 2.25. The lowest BCUT2D eigenvalue weighted by Gasteiger charge is -2.28. The van der Waals surface area contributed by atoms with E-state index in [-0.39, 0.29) is 29.3 Å². The number of carbonyl (C=O) groups excluding carboxylic acids is 2. The van der Waals surface area contributed by atoms with Crippen molar-refractivity contribution < 1.29 is 18.4 Å². The number of alkyl halides is 1. The molecule has 1 aliphatic carbocycles. The molecule has 11 nitrogen and oxygen atoms in total. The van der Waals surface area contributed by atoms with Crippen LogP contribution in [-0.4, -0.2) is 49.1 Å². The van der Waals surface area contributed by atoms with Gasteiger partial charge in [-0.05, 0) is 37.1 Å². The van der Waals surface area contributed by atoms with Gasteiger partial charge >= 0.3 is 0 Å². The maximum atomic E-state index is 13.6. The van der Waals surface area contributed by atoms with Crippen LogP contribution in [-0.2, 0) is 19.8 Å². The van der Waals surface area contributed by atoms with Gasteiger partial charge in [-0.25, -0.2) is 14.4 Å². The standard InChI is InChI=1S/C27H27FN8O3/c28-14-20-23(39-27(32-20)17-6-2-1-3-7-17)25(37)31-19-10-11-21(29-15-19)35-12-13-36-22(16-35)33-34-24(36)26(38)30-18-8-4-5-9-18/h1-3,6-7,10-11,15,18H,4-5,8-9,12-14,16H2,(H,30,38)(H,31,37). The Hall–Kier alpha value is -4.61. The molecule has 2 aliphatic rings. The predicted octanol–water partition coefficient (Wildman–Crippen LogP) is 3.74. The van der Waals surface area contributed by atoms with Crippen LogP contribution >= 0.6 is 0 Å². The summed E-state index contributed by atoms with van der Waals surface area (Å²) < 4.78 is 21.0. The fourth-order valence-corrected chi connectivity index (χ4v) is 5.00. The number of hydrogen-bond acceptors (Lipinski definition) is 8. The van der Waals surface area contributed by atoms with Crippen molar-refractivity contribution in [3.05, 3.63) is 71.8 Å². The topological polar surface area (TPSA) is 131 Å². The second kappa shape index (κ2) is 10.6. The maximum Gasteiger partial charge on any atom is 0.293 e. The van der Waals surface area contributed by atoms with Crippen molar-refractivity contribution in [2.75, 3.05) is 16.8 Å². The van der Waals surface area contributed by atoms with E-state index in [0.717, 1.165) is 25.7 Å². The molecule has 1 aliphatic heterocycles. The SMILES string of the molecule is O=C(Nc1ccc(N2CCn3c(nnc3C(=O)NC3CCCC3)C2)nc1)c1oc(-c2ccccc2)nc1CF. The Bertz CT molecular complexity index is 1480.